The zero-order valence-electron chi connectivity index (χ0n) is 16.0. The molecule has 0 unspecified atom stereocenters. The van der Waals surface area contributed by atoms with Crippen molar-refractivity contribution in [2.45, 2.75) is 5.16 Å². The summed E-state index contributed by atoms with van der Waals surface area (Å²) in [6, 6.07) is 10.3. The van der Waals surface area contributed by atoms with Crippen molar-refractivity contribution < 1.29 is 9.53 Å². The minimum absolute atomic E-state index is 0.0484. The highest BCUT2D eigenvalue weighted by Gasteiger charge is 2.13. The molecule has 0 radical (unpaired) electrons. The largest absolute Gasteiger partial charge is 0.496 e. The second kappa shape index (κ2) is 10.7. The summed E-state index contributed by atoms with van der Waals surface area (Å²) in [5, 5.41) is 15.8. The number of carbonyl (C=O) groups excluding carboxylic acids is 1. The second-order valence-electron chi connectivity index (χ2n) is 5.89. The Bertz CT molecular complexity index is 1130. The number of nitrogens with two attached hydrogens (primary N) is 1. The summed E-state index contributed by atoms with van der Waals surface area (Å²) in [5.41, 5.74) is 3.93. The van der Waals surface area contributed by atoms with Crippen LogP contribution in [0.2, 0.25) is 10.0 Å². The molecule has 4 N–H and O–H groups in total. The summed E-state index contributed by atoms with van der Waals surface area (Å²) < 4.78 is 7.37. The second-order valence-corrected chi connectivity index (χ2v) is 8.60. The number of nitrogens with one attached hydrogen (secondary N) is 2. The Hall–Kier alpha value is -2.47. The van der Waals surface area contributed by atoms with E-state index in [0.29, 0.717) is 26.6 Å². The Kier molecular flexibility index (Phi) is 8.02. The third kappa shape index (κ3) is 6.26. The molecule has 0 bridgehead atoms. The predicted molar refractivity (Wildman–Crippen MR) is 128 cm³/mol. The minimum Gasteiger partial charge on any atom is -0.496 e. The molecule has 1 amide bonds. The highest BCUT2D eigenvalue weighted by atomic mass is 79.9. The third-order valence-electron chi connectivity index (χ3n) is 3.76. The maximum Gasteiger partial charge on any atom is 0.264 e. The molecule has 13 heteroatoms. The van der Waals surface area contributed by atoms with Gasteiger partial charge in [-0.15, -0.1) is 10.2 Å². The topological polar surface area (TPSA) is 119 Å². The predicted octanol–water partition coefficient (Wildman–Crippen LogP) is 4.25. The van der Waals surface area contributed by atoms with Crippen LogP contribution in [-0.4, -0.2) is 39.9 Å². The van der Waals surface area contributed by atoms with Crippen LogP contribution in [0.5, 0.6) is 5.75 Å². The lowest BCUT2D eigenvalue weighted by Crippen LogP contribution is -2.17. The van der Waals surface area contributed by atoms with Crippen molar-refractivity contribution >= 4 is 74.7 Å². The molecule has 3 aromatic rings. The molecule has 1 heterocycles. The monoisotopic (exact) mass is 543 g/mol. The Labute approximate surface area is 200 Å². The molecule has 0 saturated carbocycles. The number of methoxy groups -OCH3 is 1. The quantitative estimate of drug-likeness (QED) is 0.168. The SMILES string of the molecule is COc1ccc(Br)cc1/C=N/Nc1nnc(SCC(=O)Nc2ccc(Cl)cc2Cl)n1N. The number of benzene rings is 2. The maximum atomic E-state index is 12.2. The number of nitrogens with zero attached hydrogens (tertiary/aromatic N) is 4. The van der Waals surface area contributed by atoms with Crippen LogP contribution >= 0.6 is 50.9 Å². The smallest absolute Gasteiger partial charge is 0.264 e. The molecule has 0 aliphatic rings. The van der Waals surface area contributed by atoms with Crippen molar-refractivity contribution in [2.24, 2.45) is 5.10 Å². The number of anilines is 2. The van der Waals surface area contributed by atoms with E-state index in [4.69, 9.17) is 33.8 Å². The Balaban J connectivity index is 1.57. The summed E-state index contributed by atoms with van der Waals surface area (Å²) in [6.07, 6.45) is 1.56. The minimum atomic E-state index is -0.286. The summed E-state index contributed by atoms with van der Waals surface area (Å²) in [4.78, 5) is 12.2. The van der Waals surface area contributed by atoms with Gasteiger partial charge in [-0.2, -0.15) is 5.10 Å². The fourth-order valence-electron chi connectivity index (χ4n) is 2.32. The Morgan fingerprint density at radius 2 is 2.13 bits per heavy atom. The van der Waals surface area contributed by atoms with E-state index in [2.05, 4.69) is 42.0 Å². The van der Waals surface area contributed by atoms with E-state index in [1.54, 1.807) is 31.5 Å². The molecule has 0 saturated heterocycles. The van der Waals surface area contributed by atoms with E-state index in [-0.39, 0.29) is 17.6 Å². The lowest BCUT2D eigenvalue weighted by Gasteiger charge is -2.07. The van der Waals surface area contributed by atoms with Crippen LogP contribution in [0.25, 0.3) is 0 Å². The molecule has 0 aliphatic carbocycles. The van der Waals surface area contributed by atoms with E-state index < -0.39 is 0 Å². The summed E-state index contributed by atoms with van der Waals surface area (Å²) >= 11 is 16.4. The van der Waals surface area contributed by atoms with Crippen LogP contribution in [0.15, 0.2) is 51.1 Å². The molecular weight excluding hydrogens is 529 g/mol. The number of hydrogen-bond acceptors (Lipinski definition) is 8. The van der Waals surface area contributed by atoms with Gasteiger partial charge in [-0.25, -0.2) is 10.1 Å². The summed E-state index contributed by atoms with van der Waals surface area (Å²) in [7, 11) is 1.57. The van der Waals surface area contributed by atoms with Gasteiger partial charge in [-0.3, -0.25) is 4.79 Å². The zero-order chi connectivity index (χ0) is 22.4. The van der Waals surface area contributed by atoms with Gasteiger partial charge in [0.25, 0.3) is 5.95 Å². The molecule has 0 aliphatic heterocycles. The summed E-state index contributed by atoms with van der Waals surface area (Å²) in [6.45, 7) is 0. The number of amides is 1. The number of ether oxygens (including phenoxy) is 1. The molecule has 0 fully saturated rings. The van der Waals surface area contributed by atoms with Crippen LogP contribution < -0.4 is 21.3 Å². The average molecular weight is 545 g/mol. The van der Waals surface area contributed by atoms with Gasteiger partial charge < -0.3 is 15.9 Å². The molecular formula is C18H16BrCl2N7O2S. The van der Waals surface area contributed by atoms with E-state index in [1.165, 1.54) is 4.68 Å². The van der Waals surface area contributed by atoms with Gasteiger partial charge in [0.2, 0.25) is 11.1 Å². The van der Waals surface area contributed by atoms with Crippen LogP contribution in [-0.2, 0) is 4.79 Å². The van der Waals surface area contributed by atoms with E-state index in [1.807, 2.05) is 18.2 Å². The van der Waals surface area contributed by atoms with Gasteiger partial charge in [0.15, 0.2) is 0 Å². The first-order valence-electron chi connectivity index (χ1n) is 8.58. The first-order chi connectivity index (χ1) is 14.9. The van der Waals surface area contributed by atoms with Crippen molar-refractivity contribution in [2.75, 3.05) is 29.4 Å². The van der Waals surface area contributed by atoms with Crippen LogP contribution in [0.4, 0.5) is 11.6 Å². The molecule has 2 aromatic carbocycles. The Morgan fingerprint density at radius 3 is 2.87 bits per heavy atom. The van der Waals surface area contributed by atoms with Gasteiger partial charge >= 0.3 is 0 Å². The average Bonchev–Trinajstić information content (AvgIpc) is 3.08. The molecule has 31 heavy (non-hydrogen) atoms. The van der Waals surface area contributed by atoms with E-state index in [9.17, 15) is 4.79 Å². The molecule has 3 rings (SSSR count). The summed E-state index contributed by atoms with van der Waals surface area (Å²) in [5.74, 6) is 6.60. The fourth-order valence-corrected chi connectivity index (χ4v) is 3.82. The number of thioether (sulfide) groups is 1. The van der Waals surface area contributed by atoms with Gasteiger partial charge in [-0.1, -0.05) is 50.9 Å². The molecule has 9 nitrogen and oxygen atoms in total. The Morgan fingerprint density at radius 1 is 1.32 bits per heavy atom. The number of hydrogen-bond donors (Lipinski definition) is 3. The normalized spacial score (nSPS) is 11.0. The lowest BCUT2D eigenvalue weighted by molar-refractivity contribution is -0.113. The molecule has 0 spiro atoms. The standard InChI is InChI=1S/C18H16BrCl2N7O2S/c1-30-15-5-2-11(19)6-10(15)8-23-25-17-26-27-18(28(17)22)31-9-16(29)24-14-4-3-12(20)7-13(14)21/h2-8H,9,22H2,1H3,(H,24,29)(H,25,26)/b23-8+. The number of carbonyl (C=O) groups is 1. The lowest BCUT2D eigenvalue weighted by atomic mass is 10.2. The van der Waals surface area contributed by atoms with Gasteiger partial charge in [-0.05, 0) is 36.4 Å². The van der Waals surface area contributed by atoms with Gasteiger partial charge in [0.05, 0.1) is 29.8 Å². The van der Waals surface area contributed by atoms with Gasteiger partial charge in [0, 0.05) is 15.1 Å². The van der Waals surface area contributed by atoms with Crippen molar-refractivity contribution in [1.82, 2.24) is 14.9 Å². The first kappa shape index (κ1) is 23.2. The zero-order valence-corrected chi connectivity index (χ0v) is 19.9. The van der Waals surface area contributed by atoms with Gasteiger partial charge in [0.1, 0.15) is 5.75 Å². The van der Waals surface area contributed by atoms with E-state index in [0.717, 1.165) is 21.8 Å². The molecule has 0 atom stereocenters. The maximum absolute atomic E-state index is 12.2. The van der Waals surface area contributed by atoms with Crippen LogP contribution in [0, 0.1) is 0 Å². The molecule has 1 aromatic heterocycles. The number of rotatable bonds is 8. The van der Waals surface area contributed by atoms with Crippen LogP contribution in [0.1, 0.15) is 5.56 Å². The first-order valence-corrected chi connectivity index (χ1v) is 11.1. The highest BCUT2D eigenvalue weighted by molar-refractivity contribution is 9.10. The number of aromatic nitrogens is 3. The van der Waals surface area contributed by atoms with Crippen molar-refractivity contribution in [3.63, 3.8) is 0 Å². The number of halogens is 3. The van der Waals surface area contributed by atoms with Crippen molar-refractivity contribution in [3.05, 3.63) is 56.5 Å². The highest BCUT2D eigenvalue weighted by Crippen LogP contribution is 2.26. The fraction of sp³-hybridized carbons (Fsp3) is 0.111. The van der Waals surface area contributed by atoms with E-state index >= 15 is 0 Å². The number of hydrazone groups is 1. The van der Waals surface area contributed by atoms with Crippen molar-refractivity contribution in [1.29, 1.82) is 0 Å². The number of nitrogen functional groups attached to an aromatic ring is 1. The molecule has 162 valence electrons. The third-order valence-corrected chi connectivity index (χ3v) is 5.75. The van der Waals surface area contributed by atoms with Crippen molar-refractivity contribution in [3.8, 4) is 5.75 Å². The van der Waals surface area contributed by atoms with Crippen LogP contribution in [0.3, 0.4) is 0 Å².